The minimum absolute atomic E-state index is 0.576. The molecule has 1 N–H and O–H groups in total. The summed E-state index contributed by atoms with van der Waals surface area (Å²) in [7, 11) is 0. The van der Waals surface area contributed by atoms with Crippen molar-refractivity contribution in [2.24, 2.45) is 5.92 Å². The first-order valence-corrected chi connectivity index (χ1v) is 7.50. The lowest BCUT2D eigenvalue weighted by atomic mass is 9.92. The molecule has 1 aliphatic heterocycles. The van der Waals surface area contributed by atoms with Gasteiger partial charge in [-0.3, -0.25) is 0 Å². The van der Waals surface area contributed by atoms with Crippen LogP contribution in [0, 0.1) is 5.92 Å². The third-order valence-corrected chi connectivity index (χ3v) is 4.62. The molecule has 2 rings (SSSR count). The zero-order valence-corrected chi connectivity index (χ0v) is 12.0. The van der Waals surface area contributed by atoms with Gasteiger partial charge in [0.15, 0.2) is 0 Å². The highest BCUT2D eigenvalue weighted by molar-refractivity contribution is 5.09. The van der Waals surface area contributed by atoms with E-state index < -0.39 is 0 Å². The summed E-state index contributed by atoms with van der Waals surface area (Å²) < 4.78 is 2.44. The first kappa shape index (κ1) is 13.6. The summed E-state index contributed by atoms with van der Waals surface area (Å²) in [4.78, 5) is 4.41. The second-order valence-corrected chi connectivity index (χ2v) is 5.57. The second kappa shape index (κ2) is 6.37. The topological polar surface area (TPSA) is 29.9 Å². The van der Waals surface area contributed by atoms with Gasteiger partial charge in [0, 0.05) is 23.9 Å². The van der Waals surface area contributed by atoms with Gasteiger partial charge >= 0.3 is 0 Å². The van der Waals surface area contributed by atoms with Gasteiger partial charge in [-0.15, -0.1) is 0 Å². The Bertz CT molecular complexity index is 348. The summed E-state index contributed by atoms with van der Waals surface area (Å²) in [6, 6.07) is 0.576. The van der Waals surface area contributed by atoms with Crippen LogP contribution in [0.4, 0.5) is 0 Å². The summed E-state index contributed by atoms with van der Waals surface area (Å²) in [6.07, 6.45) is 9.14. The molecule has 1 atom stereocenters. The van der Waals surface area contributed by atoms with Gasteiger partial charge < -0.3 is 9.88 Å². The maximum absolute atomic E-state index is 4.41. The molecule has 0 amide bonds. The van der Waals surface area contributed by atoms with Gasteiger partial charge in [-0.25, -0.2) is 4.98 Å². The van der Waals surface area contributed by atoms with Crippen LogP contribution < -0.4 is 5.32 Å². The maximum atomic E-state index is 4.41. The van der Waals surface area contributed by atoms with E-state index in [4.69, 9.17) is 0 Å². The van der Waals surface area contributed by atoms with Crippen LogP contribution in [0.1, 0.15) is 64.1 Å². The van der Waals surface area contributed by atoms with E-state index in [1.807, 2.05) is 6.33 Å². The first-order chi connectivity index (χ1) is 8.77. The van der Waals surface area contributed by atoms with Gasteiger partial charge in [-0.1, -0.05) is 26.7 Å². The zero-order valence-electron chi connectivity index (χ0n) is 12.0. The van der Waals surface area contributed by atoms with E-state index in [1.165, 1.54) is 31.4 Å². The molecule has 0 aromatic carbocycles. The fourth-order valence-electron chi connectivity index (χ4n) is 3.29. The third kappa shape index (κ3) is 2.77. The Hall–Kier alpha value is -0.830. The van der Waals surface area contributed by atoms with Crippen LogP contribution in [0.25, 0.3) is 0 Å². The van der Waals surface area contributed by atoms with E-state index in [0.717, 1.165) is 19.0 Å². The van der Waals surface area contributed by atoms with Crippen molar-refractivity contribution in [3.8, 4) is 0 Å². The molecule has 1 aliphatic rings. The SMILES string of the molecule is CCC(CC)C(C)n1cncc1C1CCNCC1. The van der Waals surface area contributed by atoms with Crippen LogP contribution in [0.3, 0.4) is 0 Å². The standard InChI is InChI=1S/C15H27N3/c1-4-13(5-2)12(3)18-11-17-10-15(18)14-6-8-16-9-7-14/h10-14,16H,4-9H2,1-3H3. The Balaban J connectivity index is 2.15. The number of rotatable bonds is 5. The molecule has 1 aromatic heterocycles. The highest BCUT2D eigenvalue weighted by Gasteiger charge is 2.23. The highest BCUT2D eigenvalue weighted by Crippen LogP contribution is 2.31. The molecular weight excluding hydrogens is 222 g/mol. The third-order valence-electron chi connectivity index (χ3n) is 4.62. The predicted octanol–water partition coefficient (Wildman–Crippen LogP) is 3.35. The average molecular weight is 249 g/mol. The predicted molar refractivity (Wildman–Crippen MR) is 75.9 cm³/mol. The minimum atomic E-state index is 0.576. The Morgan fingerprint density at radius 2 is 2.00 bits per heavy atom. The van der Waals surface area contributed by atoms with Crippen LogP contribution in [-0.4, -0.2) is 22.6 Å². The van der Waals surface area contributed by atoms with Crippen molar-refractivity contribution in [3.05, 3.63) is 18.2 Å². The molecule has 0 spiro atoms. The Labute approximate surface area is 111 Å². The van der Waals surface area contributed by atoms with Gasteiger partial charge in [0.05, 0.1) is 6.33 Å². The number of hydrogen-bond acceptors (Lipinski definition) is 2. The van der Waals surface area contributed by atoms with Crippen molar-refractivity contribution >= 4 is 0 Å². The molecule has 1 unspecified atom stereocenters. The smallest absolute Gasteiger partial charge is 0.0950 e. The van der Waals surface area contributed by atoms with Gasteiger partial charge in [0.25, 0.3) is 0 Å². The minimum Gasteiger partial charge on any atom is -0.331 e. The lowest BCUT2D eigenvalue weighted by molar-refractivity contribution is 0.316. The fraction of sp³-hybridized carbons (Fsp3) is 0.800. The molecule has 2 heterocycles. The van der Waals surface area contributed by atoms with Crippen LogP contribution in [0.5, 0.6) is 0 Å². The maximum Gasteiger partial charge on any atom is 0.0950 e. The summed E-state index contributed by atoms with van der Waals surface area (Å²) in [6.45, 7) is 9.24. The second-order valence-electron chi connectivity index (χ2n) is 5.57. The van der Waals surface area contributed by atoms with E-state index >= 15 is 0 Å². The average Bonchev–Trinajstić information content (AvgIpc) is 2.90. The van der Waals surface area contributed by atoms with Crippen molar-refractivity contribution in [1.82, 2.24) is 14.9 Å². The summed E-state index contributed by atoms with van der Waals surface area (Å²) >= 11 is 0. The quantitative estimate of drug-likeness (QED) is 0.867. The lowest BCUT2D eigenvalue weighted by Gasteiger charge is -2.29. The Kier molecular flexibility index (Phi) is 4.81. The first-order valence-electron chi connectivity index (χ1n) is 7.50. The Morgan fingerprint density at radius 3 is 2.61 bits per heavy atom. The number of hydrogen-bond donors (Lipinski definition) is 1. The van der Waals surface area contributed by atoms with Crippen molar-refractivity contribution in [3.63, 3.8) is 0 Å². The zero-order chi connectivity index (χ0) is 13.0. The molecule has 0 bridgehead atoms. The van der Waals surface area contributed by atoms with Gasteiger partial charge in [-0.05, 0) is 38.8 Å². The molecule has 0 aliphatic carbocycles. The molecule has 3 nitrogen and oxygen atoms in total. The monoisotopic (exact) mass is 249 g/mol. The highest BCUT2D eigenvalue weighted by atomic mass is 15.1. The molecule has 18 heavy (non-hydrogen) atoms. The van der Waals surface area contributed by atoms with Crippen LogP contribution in [0.2, 0.25) is 0 Å². The number of aromatic nitrogens is 2. The van der Waals surface area contributed by atoms with Crippen molar-refractivity contribution in [2.75, 3.05) is 13.1 Å². The summed E-state index contributed by atoms with van der Waals surface area (Å²) in [5, 5.41) is 3.44. The molecule has 3 heteroatoms. The Morgan fingerprint density at radius 1 is 1.33 bits per heavy atom. The lowest BCUT2D eigenvalue weighted by Crippen LogP contribution is -2.28. The van der Waals surface area contributed by atoms with Crippen molar-refractivity contribution < 1.29 is 0 Å². The normalized spacial score (nSPS) is 19.3. The van der Waals surface area contributed by atoms with Crippen molar-refractivity contribution in [1.29, 1.82) is 0 Å². The van der Waals surface area contributed by atoms with Crippen LogP contribution in [0.15, 0.2) is 12.5 Å². The van der Waals surface area contributed by atoms with E-state index in [1.54, 1.807) is 0 Å². The largest absolute Gasteiger partial charge is 0.331 e. The van der Waals surface area contributed by atoms with Gasteiger partial charge in [-0.2, -0.15) is 0 Å². The van der Waals surface area contributed by atoms with Crippen molar-refractivity contribution in [2.45, 2.75) is 58.4 Å². The molecule has 0 saturated carbocycles. The van der Waals surface area contributed by atoms with Crippen LogP contribution in [-0.2, 0) is 0 Å². The molecule has 1 saturated heterocycles. The summed E-state index contributed by atoms with van der Waals surface area (Å²) in [5.41, 5.74) is 1.45. The number of nitrogens with one attached hydrogen (secondary N) is 1. The van der Waals surface area contributed by atoms with E-state index in [2.05, 4.69) is 41.8 Å². The number of nitrogens with zero attached hydrogens (tertiary/aromatic N) is 2. The van der Waals surface area contributed by atoms with E-state index in [-0.39, 0.29) is 0 Å². The van der Waals surface area contributed by atoms with E-state index in [9.17, 15) is 0 Å². The number of piperidine rings is 1. The molecule has 0 radical (unpaired) electrons. The van der Waals surface area contributed by atoms with Gasteiger partial charge in [0.2, 0.25) is 0 Å². The van der Waals surface area contributed by atoms with E-state index in [0.29, 0.717) is 12.0 Å². The van der Waals surface area contributed by atoms with Crippen LogP contribution >= 0.6 is 0 Å². The summed E-state index contributed by atoms with van der Waals surface area (Å²) in [5.74, 6) is 1.46. The molecular formula is C15H27N3. The molecule has 1 aromatic rings. The molecule has 1 fully saturated rings. The van der Waals surface area contributed by atoms with Gasteiger partial charge in [0.1, 0.15) is 0 Å². The molecule has 102 valence electrons. The fourth-order valence-corrected chi connectivity index (χ4v) is 3.29. The number of imidazole rings is 1.